The molecule has 1 aromatic rings. The SMILES string of the molecule is CC[C@@H]1CCCCN1C(=O)C[NH+]1CCN(S(=O)(=O)c2ccccc2[N+](=O)[O-])CC1. The van der Waals surface area contributed by atoms with E-state index in [0.717, 1.165) is 37.1 Å². The highest BCUT2D eigenvalue weighted by atomic mass is 32.2. The Labute approximate surface area is 171 Å². The van der Waals surface area contributed by atoms with Gasteiger partial charge in [-0.15, -0.1) is 0 Å². The van der Waals surface area contributed by atoms with E-state index < -0.39 is 20.6 Å². The molecule has 160 valence electrons. The van der Waals surface area contributed by atoms with E-state index in [4.69, 9.17) is 0 Å². The molecule has 0 aromatic heterocycles. The molecule has 3 rings (SSSR count). The van der Waals surface area contributed by atoms with Crippen LogP contribution in [-0.4, -0.2) is 73.8 Å². The van der Waals surface area contributed by atoms with Crippen molar-refractivity contribution in [3.05, 3.63) is 34.4 Å². The summed E-state index contributed by atoms with van der Waals surface area (Å²) in [6, 6.07) is 5.74. The lowest BCUT2D eigenvalue weighted by Gasteiger charge is -2.37. The zero-order valence-electron chi connectivity index (χ0n) is 16.7. The first-order valence-electron chi connectivity index (χ1n) is 10.2. The number of nitrogens with zero attached hydrogens (tertiary/aromatic N) is 3. The average Bonchev–Trinajstić information content (AvgIpc) is 2.74. The number of para-hydroxylation sites is 1. The van der Waals surface area contributed by atoms with Crippen LogP contribution in [0.1, 0.15) is 32.6 Å². The molecule has 2 heterocycles. The minimum atomic E-state index is -3.94. The normalized spacial score (nSPS) is 21.8. The highest BCUT2D eigenvalue weighted by Gasteiger charge is 2.36. The van der Waals surface area contributed by atoms with Crippen molar-refractivity contribution in [2.45, 2.75) is 43.5 Å². The number of amides is 1. The molecule has 2 aliphatic heterocycles. The summed E-state index contributed by atoms with van der Waals surface area (Å²) in [4.78, 5) is 26.1. The third-order valence-corrected chi connectivity index (χ3v) is 7.88. The standard InChI is InChI=1S/C19H28N4O5S/c1-2-16-7-5-6-10-22(16)19(24)15-20-11-13-21(14-12-20)29(27,28)18-9-4-3-8-17(18)23(25)26/h3-4,8-9,16H,2,5-7,10-15H2,1H3/p+1/t16-/m1/s1. The molecule has 1 N–H and O–H groups in total. The Morgan fingerprint density at radius 1 is 1.21 bits per heavy atom. The number of hydrogen-bond donors (Lipinski definition) is 1. The first-order chi connectivity index (χ1) is 13.8. The van der Waals surface area contributed by atoms with Crippen molar-refractivity contribution in [1.82, 2.24) is 9.21 Å². The molecule has 0 aliphatic carbocycles. The van der Waals surface area contributed by atoms with Crippen molar-refractivity contribution < 1.29 is 23.0 Å². The fourth-order valence-electron chi connectivity index (χ4n) is 4.25. The molecule has 0 unspecified atom stereocenters. The van der Waals surface area contributed by atoms with Crippen LogP contribution in [-0.2, 0) is 14.8 Å². The summed E-state index contributed by atoms with van der Waals surface area (Å²) >= 11 is 0. The number of nitro groups is 1. The quantitative estimate of drug-likeness (QED) is 0.520. The van der Waals surface area contributed by atoms with Crippen molar-refractivity contribution in [3.8, 4) is 0 Å². The van der Waals surface area contributed by atoms with Crippen molar-refractivity contribution in [2.24, 2.45) is 0 Å². The van der Waals surface area contributed by atoms with Crippen LogP contribution in [0.5, 0.6) is 0 Å². The number of piperidine rings is 1. The number of carbonyl (C=O) groups is 1. The van der Waals surface area contributed by atoms with Gasteiger partial charge >= 0.3 is 0 Å². The van der Waals surface area contributed by atoms with E-state index in [9.17, 15) is 23.3 Å². The zero-order valence-corrected chi connectivity index (χ0v) is 17.6. The van der Waals surface area contributed by atoms with Gasteiger partial charge in [0, 0.05) is 18.7 Å². The highest BCUT2D eigenvalue weighted by Crippen LogP contribution is 2.26. The fraction of sp³-hybridized carbons (Fsp3) is 0.632. The van der Waals surface area contributed by atoms with E-state index in [2.05, 4.69) is 6.92 Å². The van der Waals surface area contributed by atoms with Crippen molar-refractivity contribution in [1.29, 1.82) is 0 Å². The highest BCUT2D eigenvalue weighted by molar-refractivity contribution is 7.89. The van der Waals surface area contributed by atoms with E-state index in [1.54, 1.807) is 0 Å². The van der Waals surface area contributed by atoms with Crippen molar-refractivity contribution in [3.63, 3.8) is 0 Å². The predicted octanol–water partition coefficient (Wildman–Crippen LogP) is 0.275. The van der Waals surface area contributed by atoms with Gasteiger partial charge in [-0.2, -0.15) is 4.31 Å². The lowest BCUT2D eigenvalue weighted by atomic mass is 10.00. The second-order valence-electron chi connectivity index (χ2n) is 7.70. The molecule has 0 radical (unpaired) electrons. The fourth-order valence-corrected chi connectivity index (χ4v) is 5.85. The van der Waals surface area contributed by atoms with Crippen LogP contribution in [0.15, 0.2) is 29.2 Å². The Kier molecular flexibility index (Phi) is 6.86. The van der Waals surface area contributed by atoms with Crippen LogP contribution < -0.4 is 4.90 Å². The second-order valence-corrected chi connectivity index (χ2v) is 9.61. The Hall–Kier alpha value is -2.04. The number of benzene rings is 1. The third kappa shape index (κ3) is 4.76. The maximum Gasteiger partial charge on any atom is 0.289 e. The van der Waals surface area contributed by atoms with Gasteiger partial charge in [-0.05, 0) is 31.7 Å². The number of quaternary nitrogens is 1. The maximum absolute atomic E-state index is 12.9. The Balaban J connectivity index is 1.62. The predicted molar refractivity (Wildman–Crippen MR) is 107 cm³/mol. The molecule has 0 spiro atoms. The Morgan fingerprint density at radius 3 is 2.55 bits per heavy atom. The summed E-state index contributed by atoms with van der Waals surface area (Å²) in [5.41, 5.74) is -0.409. The number of carbonyl (C=O) groups excluding carboxylic acids is 1. The van der Waals surface area contributed by atoms with Crippen molar-refractivity contribution in [2.75, 3.05) is 39.3 Å². The van der Waals surface area contributed by atoms with Gasteiger partial charge in [0.25, 0.3) is 11.6 Å². The van der Waals surface area contributed by atoms with E-state index in [0.29, 0.717) is 25.7 Å². The molecule has 1 atom stereocenters. The summed E-state index contributed by atoms with van der Waals surface area (Å²) in [7, 11) is -3.94. The van der Waals surface area contributed by atoms with E-state index in [1.807, 2.05) is 4.90 Å². The molecule has 0 saturated carbocycles. The summed E-state index contributed by atoms with van der Waals surface area (Å²) in [5, 5.41) is 11.2. The van der Waals surface area contributed by atoms with E-state index in [1.165, 1.54) is 28.6 Å². The number of piperazine rings is 1. The summed E-state index contributed by atoms with van der Waals surface area (Å²) in [6.45, 7) is 4.79. The smallest absolute Gasteiger partial charge is 0.289 e. The van der Waals surface area contributed by atoms with Crippen LogP contribution in [0.3, 0.4) is 0 Å². The molecule has 2 aliphatic rings. The number of rotatable bonds is 6. The number of sulfonamides is 1. The molecule has 2 fully saturated rings. The molecule has 0 bridgehead atoms. The van der Waals surface area contributed by atoms with Crippen molar-refractivity contribution >= 4 is 21.6 Å². The molecule has 10 heteroatoms. The Morgan fingerprint density at radius 2 is 1.90 bits per heavy atom. The van der Waals surface area contributed by atoms with Crippen LogP contribution in [0.2, 0.25) is 0 Å². The molecular formula is C19H29N4O5S+. The summed E-state index contributed by atoms with van der Waals surface area (Å²) in [5.74, 6) is 0.140. The molecular weight excluding hydrogens is 396 g/mol. The lowest BCUT2D eigenvalue weighted by Crippen LogP contribution is -3.15. The number of hydrogen-bond acceptors (Lipinski definition) is 5. The van der Waals surface area contributed by atoms with Gasteiger partial charge in [-0.25, -0.2) is 8.42 Å². The largest absolute Gasteiger partial charge is 0.335 e. The molecule has 29 heavy (non-hydrogen) atoms. The van der Waals surface area contributed by atoms with Crippen LogP contribution in [0.4, 0.5) is 5.69 Å². The van der Waals surface area contributed by atoms with Crippen LogP contribution >= 0.6 is 0 Å². The third-order valence-electron chi connectivity index (χ3n) is 5.93. The van der Waals surface area contributed by atoms with E-state index >= 15 is 0 Å². The van der Waals surface area contributed by atoms with Gasteiger partial charge in [-0.1, -0.05) is 19.1 Å². The maximum atomic E-state index is 12.9. The molecule has 1 aromatic carbocycles. The zero-order chi connectivity index (χ0) is 21.0. The number of nitro benzene ring substituents is 1. The molecule has 2 saturated heterocycles. The molecule has 1 amide bonds. The number of likely N-dealkylation sites (tertiary alicyclic amines) is 1. The van der Waals surface area contributed by atoms with Gasteiger partial charge in [0.05, 0.1) is 31.1 Å². The first-order valence-corrected chi connectivity index (χ1v) is 11.6. The van der Waals surface area contributed by atoms with Gasteiger partial charge < -0.3 is 9.80 Å². The Bertz CT molecular complexity index is 852. The topological polar surface area (TPSA) is 105 Å². The van der Waals surface area contributed by atoms with Gasteiger partial charge in [0.15, 0.2) is 11.4 Å². The summed E-state index contributed by atoms with van der Waals surface area (Å²) in [6.07, 6.45) is 4.22. The van der Waals surface area contributed by atoms with Gasteiger partial charge in [-0.3, -0.25) is 14.9 Å². The van der Waals surface area contributed by atoms with Gasteiger partial charge in [0.1, 0.15) is 0 Å². The lowest BCUT2D eigenvalue weighted by molar-refractivity contribution is -0.896. The second kappa shape index (κ2) is 9.19. The minimum Gasteiger partial charge on any atom is -0.335 e. The van der Waals surface area contributed by atoms with E-state index in [-0.39, 0.29) is 23.9 Å². The monoisotopic (exact) mass is 425 g/mol. The number of nitrogens with one attached hydrogen (secondary N) is 1. The van der Waals surface area contributed by atoms with Crippen LogP contribution in [0, 0.1) is 10.1 Å². The summed E-state index contributed by atoms with van der Waals surface area (Å²) < 4.78 is 27.1. The average molecular weight is 426 g/mol. The minimum absolute atomic E-state index is 0.140. The molecule has 9 nitrogen and oxygen atoms in total. The van der Waals surface area contributed by atoms with Crippen LogP contribution in [0.25, 0.3) is 0 Å². The first kappa shape index (κ1) is 21.7. The van der Waals surface area contributed by atoms with Gasteiger partial charge in [0.2, 0.25) is 10.0 Å².